The first-order chi connectivity index (χ1) is 8.46. The molecule has 4 nitrogen and oxygen atoms in total. The highest BCUT2D eigenvalue weighted by molar-refractivity contribution is 5.94. The second-order valence-corrected chi connectivity index (χ2v) is 5.14. The van der Waals surface area contributed by atoms with Gasteiger partial charge in [-0.1, -0.05) is 0 Å². The number of halogens is 1. The molecule has 1 saturated heterocycles. The van der Waals surface area contributed by atoms with Crippen LogP contribution >= 0.6 is 0 Å². The van der Waals surface area contributed by atoms with Crippen LogP contribution in [-0.2, 0) is 4.74 Å². The molecule has 0 aliphatic carbocycles. The zero-order valence-electron chi connectivity index (χ0n) is 10.6. The Morgan fingerprint density at radius 2 is 2.39 bits per heavy atom. The quantitative estimate of drug-likeness (QED) is 0.818. The van der Waals surface area contributed by atoms with Crippen molar-refractivity contribution in [1.29, 1.82) is 0 Å². The van der Waals surface area contributed by atoms with Crippen molar-refractivity contribution >= 4 is 5.91 Å². The first kappa shape index (κ1) is 13.0. The number of nitrogens with one attached hydrogen (secondary N) is 1. The molecule has 2 rings (SSSR count). The number of ether oxygens (including phenoxy) is 1. The second kappa shape index (κ2) is 5.02. The molecule has 0 spiro atoms. The van der Waals surface area contributed by atoms with Crippen LogP contribution in [-0.4, -0.2) is 29.1 Å². The van der Waals surface area contributed by atoms with Crippen LogP contribution in [0.3, 0.4) is 0 Å². The summed E-state index contributed by atoms with van der Waals surface area (Å²) >= 11 is 0. The summed E-state index contributed by atoms with van der Waals surface area (Å²) in [6, 6.07) is 2.71. The van der Waals surface area contributed by atoms with Crippen molar-refractivity contribution in [2.45, 2.75) is 38.3 Å². The molecule has 1 aliphatic heterocycles. The molecule has 1 fully saturated rings. The molecule has 1 N–H and O–H groups in total. The summed E-state index contributed by atoms with van der Waals surface area (Å²) in [7, 11) is 0. The van der Waals surface area contributed by atoms with Gasteiger partial charge in [-0.3, -0.25) is 4.79 Å². The smallest absolute Gasteiger partial charge is 0.251 e. The van der Waals surface area contributed by atoms with Crippen molar-refractivity contribution in [3.05, 3.63) is 29.8 Å². The molecule has 5 heteroatoms. The summed E-state index contributed by atoms with van der Waals surface area (Å²) in [5.41, 5.74) is 0.0754. The van der Waals surface area contributed by atoms with Crippen LogP contribution in [0.15, 0.2) is 18.3 Å². The molecule has 2 heterocycles. The Hall–Kier alpha value is -1.49. The van der Waals surface area contributed by atoms with Crippen LogP contribution in [0.4, 0.5) is 4.39 Å². The molecule has 1 aliphatic rings. The Balaban J connectivity index is 1.99. The molecule has 1 unspecified atom stereocenters. The topological polar surface area (TPSA) is 51.2 Å². The summed E-state index contributed by atoms with van der Waals surface area (Å²) in [4.78, 5) is 15.4. The fourth-order valence-electron chi connectivity index (χ4n) is 2.17. The summed E-state index contributed by atoms with van der Waals surface area (Å²) < 4.78 is 18.5. The molecule has 1 aromatic heterocycles. The second-order valence-electron chi connectivity index (χ2n) is 5.14. The molecule has 0 aromatic carbocycles. The van der Waals surface area contributed by atoms with Gasteiger partial charge in [0.15, 0.2) is 0 Å². The summed E-state index contributed by atoms with van der Waals surface area (Å²) in [6.07, 6.45) is 2.83. The number of amides is 1. The lowest BCUT2D eigenvalue weighted by molar-refractivity contribution is -0.0615. The molecule has 0 radical (unpaired) electrons. The van der Waals surface area contributed by atoms with Crippen molar-refractivity contribution in [3.8, 4) is 0 Å². The van der Waals surface area contributed by atoms with E-state index < -0.39 is 5.95 Å². The first-order valence-corrected chi connectivity index (χ1v) is 6.03. The molecule has 1 aromatic rings. The molecule has 1 amide bonds. The van der Waals surface area contributed by atoms with Gasteiger partial charge < -0.3 is 10.1 Å². The third kappa shape index (κ3) is 3.26. The van der Waals surface area contributed by atoms with Crippen molar-refractivity contribution in [3.63, 3.8) is 0 Å². The molecule has 0 saturated carbocycles. The Bertz CT molecular complexity index is 448. The minimum Gasteiger partial charge on any atom is -0.375 e. The monoisotopic (exact) mass is 252 g/mol. The van der Waals surface area contributed by atoms with Gasteiger partial charge in [-0.15, -0.1) is 0 Å². The molecule has 18 heavy (non-hydrogen) atoms. The number of carbonyl (C=O) groups excluding carboxylic acids is 1. The van der Waals surface area contributed by atoms with Crippen LogP contribution in [0.2, 0.25) is 0 Å². The number of nitrogens with zero attached hydrogens (tertiary/aromatic N) is 1. The van der Waals surface area contributed by atoms with E-state index in [4.69, 9.17) is 4.74 Å². The largest absolute Gasteiger partial charge is 0.375 e. The van der Waals surface area contributed by atoms with E-state index in [1.54, 1.807) is 0 Å². The highest BCUT2D eigenvalue weighted by atomic mass is 19.1. The normalized spacial score (nSPS) is 22.5. The molecule has 1 atom stereocenters. The lowest BCUT2D eigenvalue weighted by atomic mass is 9.94. The SMILES string of the molecule is CC1(C)CC(NC(=O)c2ccnc(F)c2)CCO1. The molecule has 0 bridgehead atoms. The molecular weight excluding hydrogens is 235 g/mol. The van der Waals surface area contributed by atoms with Gasteiger partial charge in [0.1, 0.15) is 0 Å². The Morgan fingerprint density at radius 1 is 1.61 bits per heavy atom. The summed E-state index contributed by atoms with van der Waals surface area (Å²) in [5, 5.41) is 2.90. The maximum absolute atomic E-state index is 12.9. The van der Waals surface area contributed by atoms with E-state index >= 15 is 0 Å². The Labute approximate surface area is 106 Å². The van der Waals surface area contributed by atoms with E-state index in [0.29, 0.717) is 12.2 Å². The number of hydrogen-bond donors (Lipinski definition) is 1. The first-order valence-electron chi connectivity index (χ1n) is 6.03. The lowest BCUT2D eigenvalue weighted by Crippen LogP contribution is -2.45. The van der Waals surface area contributed by atoms with E-state index in [2.05, 4.69) is 10.3 Å². The van der Waals surface area contributed by atoms with Crippen molar-refractivity contribution in [1.82, 2.24) is 10.3 Å². The van der Waals surface area contributed by atoms with E-state index in [0.717, 1.165) is 18.9 Å². The van der Waals surface area contributed by atoms with Gasteiger partial charge in [0.2, 0.25) is 5.95 Å². The van der Waals surface area contributed by atoms with Gasteiger partial charge in [-0.25, -0.2) is 4.98 Å². The van der Waals surface area contributed by atoms with Crippen LogP contribution in [0, 0.1) is 5.95 Å². The van der Waals surface area contributed by atoms with E-state index in [1.807, 2.05) is 13.8 Å². The van der Waals surface area contributed by atoms with Gasteiger partial charge in [0.05, 0.1) is 5.60 Å². The molecular formula is C13H17FN2O2. The predicted molar refractivity (Wildman–Crippen MR) is 64.7 cm³/mol. The summed E-state index contributed by atoms with van der Waals surface area (Å²) in [5.74, 6) is -0.908. The van der Waals surface area contributed by atoms with Crippen LogP contribution in [0.5, 0.6) is 0 Å². The van der Waals surface area contributed by atoms with Gasteiger partial charge in [-0.2, -0.15) is 4.39 Å². The fourth-order valence-corrected chi connectivity index (χ4v) is 2.17. The zero-order valence-corrected chi connectivity index (χ0v) is 10.6. The number of pyridine rings is 1. The number of carbonyl (C=O) groups is 1. The maximum Gasteiger partial charge on any atom is 0.251 e. The third-order valence-electron chi connectivity index (χ3n) is 3.02. The molecule has 98 valence electrons. The maximum atomic E-state index is 12.9. The highest BCUT2D eigenvalue weighted by Gasteiger charge is 2.29. The number of hydrogen-bond acceptors (Lipinski definition) is 3. The number of aromatic nitrogens is 1. The van der Waals surface area contributed by atoms with Gasteiger partial charge >= 0.3 is 0 Å². The number of rotatable bonds is 2. The fraction of sp³-hybridized carbons (Fsp3) is 0.538. The van der Waals surface area contributed by atoms with Crippen molar-refractivity contribution < 1.29 is 13.9 Å². The van der Waals surface area contributed by atoms with E-state index in [-0.39, 0.29) is 17.6 Å². The average Bonchev–Trinajstić information content (AvgIpc) is 2.27. The van der Waals surface area contributed by atoms with E-state index in [1.165, 1.54) is 12.3 Å². The summed E-state index contributed by atoms with van der Waals surface area (Å²) in [6.45, 7) is 4.62. The zero-order chi connectivity index (χ0) is 13.2. The predicted octanol–water partition coefficient (Wildman–Crippen LogP) is 1.91. The van der Waals surface area contributed by atoms with Gasteiger partial charge in [0, 0.05) is 30.5 Å². The Kier molecular flexibility index (Phi) is 3.61. The Morgan fingerprint density at radius 3 is 3.06 bits per heavy atom. The minimum atomic E-state index is -0.644. The average molecular weight is 252 g/mol. The van der Waals surface area contributed by atoms with Crippen molar-refractivity contribution in [2.75, 3.05) is 6.61 Å². The van der Waals surface area contributed by atoms with Crippen LogP contribution < -0.4 is 5.32 Å². The highest BCUT2D eigenvalue weighted by Crippen LogP contribution is 2.24. The standard InChI is InChI=1S/C13H17FN2O2/c1-13(2)8-10(4-6-18-13)16-12(17)9-3-5-15-11(14)7-9/h3,5,7,10H,4,6,8H2,1-2H3,(H,16,17). The van der Waals surface area contributed by atoms with E-state index in [9.17, 15) is 9.18 Å². The minimum absolute atomic E-state index is 0.0671. The third-order valence-corrected chi connectivity index (χ3v) is 3.02. The van der Waals surface area contributed by atoms with Crippen LogP contribution in [0.1, 0.15) is 37.0 Å². The van der Waals surface area contributed by atoms with Crippen LogP contribution in [0.25, 0.3) is 0 Å². The van der Waals surface area contributed by atoms with Crippen molar-refractivity contribution in [2.24, 2.45) is 0 Å². The van der Waals surface area contributed by atoms with Gasteiger partial charge in [0.25, 0.3) is 5.91 Å². The van der Waals surface area contributed by atoms with Gasteiger partial charge in [-0.05, 0) is 32.8 Å². The lowest BCUT2D eigenvalue weighted by Gasteiger charge is -2.35.